The highest BCUT2D eigenvalue weighted by Crippen LogP contribution is 2.25. The van der Waals surface area contributed by atoms with E-state index in [-0.39, 0.29) is 6.61 Å². The number of benzene rings is 2. The number of rotatable bonds is 5. The van der Waals surface area contributed by atoms with E-state index in [1.54, 1.807) is 30.3 Å². The minimum atomic E-state index is 0.137. The molecule has 0 saturated carbocycles. The van der Waals surface area contributed by atoms with Crippen LogP contribution in [0.4, 0.5) is 0 Å². The normalized spacial score (nSPS) is 10.4. The number of hydrogen-bond acceptors (Lipinski definition) is 5. The molecule has 0 aliphatic heterocycles. The number of aromatic nitrogens is 2. The van der Waals surface area contributed by atoms with Gasteiger partial charge in [-0.2, -0.15) is 4.98 Å². The Labute approximate surface area is 131 Å². The van der Waals surface area contributed by atoms with E-state index in [1.165, 1.54) is 0 Å². The Balaban J connectivity index is 1.69. The van der Waals surface area contributed by atoms with Crippen molar-refractivity contribution in [3.8, 4) is 17.1 Å². The molecule has 0 amide bonds. The maximum atomic E-state index is 10.6. The molecule has 0 bridgehead atoms. The van der Waals surface area contributed by atoms with Crippen LogP contribution in [-0.4, -0.2) is 16.4 Å². The number of nitrogens with zero attached hydrogens (tertiary/aromatic N) is 2. The average molecular weight is 315 g/mol. The second-order valence-electron chi connectivity index (χ2n) is 4.47. The molecule has 1 aromatic heterocycles. The van der Waals surface area contributed by atoms with Crippen LogP contribution in [0.3, 0.4) is 0 Å². The first kappa shape index (κ1) is 14.3. The third-order valence-electron chi connectivity index (χ3n) is 2.96. The minimum absolute atomic E-state index is 0.137. The van der Waals surface area contributed by atoms with Gasteiger partial charge in [-0.3, -0.25) is 4.79 Å². The summed E-state index contributed by atoms with van der Waals surface area (Å²) in [5, 5.41) is 4.45. The zero-order valence-electron chi connectivity index (χ0n) is 11.4. The van der Waals surface area contributed by atoms with Crippen molar-refractivity contribution in [1.82, 2.24) is 10.1 Å². The second kappa shape index (κ2) is 6.41. The van der Waals surface area contributed by atoms with Gasteiger partial charge in [-0.15, -0.1) is 0 Å². The van der Waals surface area contributed by atoms with Crippen LogP contribution >= 0.6 is 11.6 Å². The zero-order chi connectivity index (χ0) is 15.4. The molecule has 6 heteroatoms. The fraction of sp³-hybridized carbons (Fsp3) is 0.0625. The van der Waals surface area contributed by atoms with E-state index in [2.05, 4.69) is 10.1 Å². The van der Waals surface area contributed by atoms with Crippen LogP contribution in [0, 0.1) is 0 Å². The van der Waals surface area contributed by atoms with Crippen LogP contribution in [0.15, 0.2) is 53.1 Å². The molecule has 0 unspecified atom stereocenters. The Morgan fingerprint density at radius 1 is 1.14 bits per heavy atom. The second-order valence-corrected chi connectivity index (χ2v) is 4.87. The first-order valence-electron chi connectivity index (χ1n) is 6.52. The predicted molar refractivity (Wildman–Crippen MR) is 80.9 cm³/mol. The van der Waals surface area contributed by atoms with E-state index in [0.29, 0.717) is 33.6 Å². The van der Waals surface area contributed by atoms with Crippen LogP contribution in [0.25, 0.3) is 11.4 Å². The molecule has 0 N–H and O–H groups in total. The first-order valence-corrected chi connectivity index (χ1v) is 6.89. The van der Waals surface area contributed by atoms with Crippen molar-refractivity contribution in [2.24, 2.45) is 0 Å². The Kier molecular flexibility index (Phi) is 4.16. The molecule has 3 aromatic rings. The summed E-state index contributed by atoms with van der Waals surface area (Å²) in [7, 11) is 0. The van der Waals surface area contributed by atoms with E-state index < -0.39 is 0 Å². The summed E-state index contributed by atoms with van der Waals surface area (Å²) in [6.45, 7) is 0.137. The summed E-state index contributed by atoms with van der Waals surface area (Å²) in [6.07, 6.45) is 0.775. The number of carbonyl (C=O) groups is 1. The van der Waals surface area contributed by atoms with Crippen molar-refractivity contribution in [2.45, 2.75) is 6.61 Å². The number of halogens is 1. The van der Waals surface area contributed by atoms with Crippen molar-refractivity contribution in [3.05, 3.63) is 65.0 Å². The monoisotopic (exact) mass is 314 g/mol. The van der Waals surface area contributed by atoms with Gasteiger partial charge in [-0.05, 0) is 36.4 Å². The Hall–Kier alpha value is -2.66. The summed E-state index contributed by atoms with van der Waals surface area (Å²) in [5.41, 5.74) is 1.29. The van der Waals surface area contributed by atoms with Crippen molar-refractivity contribution in [2.75, 3.05) is 0 Å². The Bertz CT molecular complexity index is 784. The highest BCUT2D eigenvalue weighted by molar-refractivity contribution is 6.33. The van der Waals surface area contributed by atoms with E-state index in [4.69, 9.17) is 20.9 Å². The van der Waals surface area contributed by atoms with Gasteiger partial charge in [0, 0.05) is 11.1 Å². The van der Waals surface area contributed by atoms with Crippen LogP contribution in [0.1, 0.15) is 16.2 Å². The molecule has 0 aliphatic rings. The van der Waals surface area contributed by atoms with Gasteiger partial charge < -0.3 is 9.26 Å². The molecule has 22 heavy (non-hydrogen) atoms. The van der Waals surface area contributed by atoms with E-state index in [0.717, 1.165) is 6.29 Å². The molecule has 0 fully saturated rings. The number of aldehydes is 1. The molecule has 0 spiro atoms. The molecule has 0 atom stereocenters. The van der Waals surface area contributed by atoms with Crippen molar-refractivity contribution >= 4 is 17.9 Å². The van der Waals surface area contributed by atoms with Crippen molar-refractivity contribution < 1.29 is 14.1 Å². The van der Waals surface area contributed by atoms with Crippen LogP contribution in [0.2, 0.25) is 5.02 Å². The molecular weight excluding hydrogens is 304 g/mol. The zero-order valence-corrected chi connectivity index (χ0v) is 12.2. The van der Waals surface area contributed by atoms with Crippen LogP contribution in [-0.2, 0) is 6.61 Å². The van der Waals surface area contributed by atoms with E-state index in [9.17, 15) is 4.79 Å². The lowest BCUT2D eigenvalue weighted by Gasteiger charge is -2.02. The molecule has 2 aromatic carbocycles. The largest absolute Gasteiger partial charge is 0.484 e. The molecule has 3 rings (SSSR count). The van der Waals surface area contributed by atoms with E-state index >= 15 is 0 Å². The molecule has 5 nitrogen and oxygen atoms in total. The minimum Gasteiger partial charge on any atom is -0.484 e. The molecule has 110 valence electrons. The molecule has 1 heterocycles. The lowest BCUT2D eigenvalue weighted by atomic mass is 10.2. The average Bonchev–Trinajstić information content (AvgIpc) is 3.02. The van der Waals surface area contributed by atoms with Gasteiger partial charge in [-0.1, -0.05) is 28.9 Å². The molecular formula is C16H11ClN2O3. The highest BCUT2D eigenvalue weighted by atomic mass is 35.5. The maximum Gasteiger partial charge on any atom is 0.264 e. The van der Waals surface area contributed by atoms with Crippen LogP contribution in [0.5, 0.6) is 5.75 Å². The van der Waals surface area contributed by atoms with Gasteiger partial charge in [0.2, 0.25) is 5.82 Å². The Morgan fingerprint density at radius 3 is 2.64 bits per heavy atom. The summed E-state index contributed by atoms with van der Waals surface area (Å²) >= 11 is 6.09. The van der Waals surface area contributed by atoms with Crippen molar-refractivity contribution in [1.29, 1.82) is 0 Å². The summed E-state index contributed by atoms with van der Waals surface area (Å²) in [6, 6.07) is 14.0. The van der Waals surface area contributed by atoms with E-state index in [1.807, 2.05) is 18.2 Å². The SMILES string of the molecule is O=Cc1ccc(OCc2nc(-c3ccccc3Cl)no2)cc1. The Morgan fingerprint density at radius 2 is 1.91 bits per heavy atom. The van der Waals surface area contributed by atoms with Gasteiger partial charge in [0.15, 0.2) is 6.61 Å². The first-order chi connectivity index (χ1) is 10.8. The maximum absolute atomic E-state index is 10.6. The number of hydrogen-bond donors (Lipinski definition) is 0. The van der Waals surface area contributed by atoms with Gasteiger partial charge in [0.25, 0.3) is 5.89 Å². The fourth-order valence-electron chi connectivity index (χ4n) is 1.85. The highest BCUT2D eigenvalue weighted by Gasteiger charge is 2.11. The summed E-state index contributed by atoms with van der Waals surface area (Å²) in [5.74, 6) is 1.37. The predicted octanol–water partition coefficient (Wildman–Crippen LogP) is 3.78. The third kappa shape index (κ3) is 3.15. The third-order valence-corrected chi connectivity index (χ3v) is 3.29. The van der Waals surface area contributed by atoms with Gasteiger partial charge in [0.05, 0.1) is 5.02 Å². The lowest BCUT2D eigenvalue weighted by molar-refractivity contribution is 0.112. The number of ether oxygens (including phenoxy) is 1. The van der Waals surface area contributed by atoms with Gasteiger partial charge >= 0.3 is 0 Å². The standard InChI is InChI=1S/C16H11ClN2O3/c17-14-4-2-1-3-13(14)16-18-15(22-19-16)10-21-12-7-5-11(9-20)6-8-12/h1-9H,10H2. The van der Waals surface area contributed by atoms with Crippen molar-refractivity contribution in [3.63, 3.8) is 0 Å². The fourth-order valence-corrected chi connectivity index (χ4v) is 2.07. The summed E-state index contributed by atoms with van der Waals surface area (Å²) in [4.78, 5) is 14.8. The summed E-state index contributed by atoms with van der Waals surface area (Å²) < 4.78 is 10.7. The number of carbonyl (C=O) groups excluding carboxylic acids is 1. The van der Waals surface area contributed by atoms with Gasteiger partial charge in [0.1, 0.15) is 12.0 Å². The molecule has 0 aliphatic carbocycles. The quantitative estimate of drug-likeness (QED) is 0.670. The van der Waals surface area contributed by atoms with Gasteiger partial charge in [-0.25, -0.2) is 0 Å². The topological polar surface area (TPSA) is 65.2 Å². The van der Waals surface area contributed by atoms with Crippen LogP contribution < -0.4 is 4.74 Å². The lowest BCUT2D eigenvalue weighted by Crippen LogP contribution is -1.96. The molecule has 0 radical (unpaired) electrons. The molecule has 0 saturated heterocycles. The smallest absolute Gasteiger partial charge is 0.264 e.